The van der Waals surface area contributed by atoms with Crippen molar-refractivity contribution < 1.29 is 9.53 Å². The second kappa shape index (κ2) is 3.01. The first-order chi connectivity index (χ1) is 6.59. The zero-order valence-electron chi connectivity index (χ0n) is 8.28. The van der Waals surface area contributed by atoms with E-state index < -0.39 is 0 Å². The van der Waals surface area contributed by atoms with Gasteiger partial charge in [0.1, 0.15) is 6.10 Å². The van der Waals surface area contributed by atoms with Crippen LogP contribution in [-0.2, 0) is 9.53 Å². The van der Waals surface area contributed by atoms with E-state index in [-0.39, 0.29) is 18.0 Å². The monoisotopic (exact) mass is 191 g/mol. The summed E-state index contributed by atoms with van der Waals surface area (Å²) in [6.45, 7) is 3.76. The molecule has 0 aromatic heterocycles. The molecule has 3 nitrogen and oxygen atoms in total. The Morgan fingerprint density at radius 1 is 1.43 bits per heavy atom. The number of nitrogens with two attached hydrogens (primary N) is 1. The summed E-state index contributed by atoms with van der Waals surface area (Å²) in [5, 5.41) is 0. The van der Waals surface area contributed by atoms with Gasteiger partial charge >= 0.3 is 5.97 Å². The quantitative estimate of drug-likeness (QED) is 0.587. The highest BCUT2D eigenvalue weighted by Crippen LogP contribution is 2.31. The van der Waals surface area contributed by atoms with E-state index in [1.165, 1.54) is 0 Å². The number of fused-ring (bicyclic) bond motifs is 1. The molecule has 0 aromatic carbocycles. The van der Waals surface area contributed by atoms with Crippen LogP contribution in [0.1, 0.15) is 13.8 Å². The minimum absolute atomic E-state index is 0.167. The summed E-state index contributed by atoms with van der Waals surface area (Å²) in [7, 11) is 0. The molecule has 1 heterocycles. The fraction of sp³-hybridized carbons (Fsp3) is 0.364. The molecule has 0 spiro atoms. The highest BCUT2D eigenvalue weighted by Gasteiger charge is 2.32. The Morgan fingerprint density at radius 2 is 2.14 bits per heavy atom. The Morgan fingerprint density at radius 3 is 2.86 bits per heavy atom. The first-order valence-corrected chi connectivity index (χ1v) is 4.63. The largest absolute Gasteiger partial charge is 0.454 e. The lowest BCUT2D eigenvalue weighted by molar-refractivity contribution is -0.144. The van der Waals surface area contributed by atoms with E-state index in [2.05, 4.69) is 0 Å². The maximum absolute atomic E-state index is 11.4. The Bertz CT molecular complexity index is 377. The summed E-state index contributed by atoms with van der Waals surface area (Å²) in [4.78, 5) is 11.4. The smallest absolute Gasteiger partial charge is 0.334 e. The Labute approximate surface area is 82.9 Å². The van der Waals surface area contributed by atoms with E-state index in [4.69, 9.17) is 10.5 Å². The van der Waals surface area contributed by atoms with Gasteiger partial charge in [0.15, 0.2) is 0 Å². The van der Waals surface area contributed by atoms with Gasteiger partial charge < -0.3 is 10.5 Å². The van der Waals surface area contributed by atoms with Gasteiger partial charge in [-0.15, -0.1) is 0 Å². The molecule has 2 aliphatic rings. The van der Waals surface area contributed by atoms with Crippen molar-refractivity contribution in [2.24, 2.45) is 11.7 Å². The molecule has 0 fully saturated rings. The molecule has 0 saturated heterocycles. The number of rotatable bonds is 0. The summed E-state index contributed by atoms with van der Waals surface area (Å²) in [6.07, 6.45) is 5.43. The van der Waals surface area contributed by atoms with E-state index in [1.807, 2.05) is 19.1 Å². The third-order valence-corrected chi connectivity index (χ3v) is 2.85. The Balaban J connectivity index is 2.41. The van der Waals surface area contributed by atoms with Crippen LogP contribution in [-0.4, -0.2) is 12.1 Å². The van der Waals surface area contributed by atoms with E-state index in [0.717, 1.165) is 5.57 Å². The molecule has 0 aromatic rings. The van der Waals surface area contributed by atoms with Gasteiger partial charge in [0.05, 0.1) is 0 Å². The number of carbonyl (C=O) groups excluding carboxylic acids is 1. The van der Waals surface area contributed by atoms with Crippen molar-refractivity contribution in [1.29, 1.82) is 0 Å². The van der Waals surface area contributed by atoms with Gasteiger partial charge in [-0.1, -0.05) is 11.6 Å². The van der Waals surface area contributed by atoms with Gasteiger partial charge in [0.25, 0.3) is 0 Å². The molecular weight excluding hydrogens is 178 g/mol. The molecule has 2 atom stereocenters. The second-order valence-corrected chi connectivity index (χ2v) is 3.73. The molecule has 74 valence electrons. The van der Waals surface area contributed by atoms with E-state index in [9.17, 15) is 4.79 Å². The van der Waals surface area contributed by atoms with Crippen LogP contribution in [0.25, 0.3) is 0 Å². The molecule has 0 amide bonds. The molecular formula is C11H13NO2. The van der Waals surface area contributed by atoms with Gasteiger partial charge in [0.2, 0.25) is 0 Å². The molecule has 2 rings (SSSR count). The zero-order chi connectivity index (χ0) is 10.3. The standard InChI is InChI=1S/C11H13NO2/c1-6-7(2)11(13)14-10-5-8(12)3-4-9(6)10/h3-5,9-10H,12H2,1-2H3. The van der Waals surface area contributed by atoms with Gasteiger partial charge in [-0.05, 0) is 26.0 Å². The maximum Gasteiger partial charge on any atom is 0.334 e. The molecule has 0 bridgehead atoms. The highest BCUT2D eigenvalue weighted by molar-refractivity contribution is 5.90. The normalized spacial score (nSPS) is 31.0. The molecule has 2 unspecified atom stereocenters. The highest BCUT2D eigenvalue weighted by atomic mass is 16.5. The molecule has 0 saturated carbocycles. The molecule has 1 aliphatic carbocycles. The molecule has 3 heteroatoms. The lowest BCUT2D eigenvalue weighted by Crippen LogP contribution is -2.33. The third kappa shape index (κ3) is 1.25. The lowest BCUT2D eigenvalue weighted by Gasteiger charge is -2.31. The van der Waals surface area contributed by atoms with E-state index >= 15 is 0 Å². The van der Waals surface area contributed by atoms with Crippen LogP contribution in [0.2, 0.25) is 0 Å². The number of allylic oxidation sites excluding steroid dienone is 1. The van der Waals surface area contributed by atoms with Crippen molar-refractivity contribution in [3.05, 3.63) is 35.1 Å². The lowest BCUT2D eigenvalue weighted by atomic mass is 9.85. The summed E-state index contributed by atoms with van der Waals surface area (Å²) in [5.74, 6) is -0.0666. The minimum atomic E-state index is -0.233. The van der Waals surface area contributed by atoms with Crippen molar-refractivity contribution >= 4 is 5.97 Å². The number of ether oxygens (including phenoxy) is 1. The molecule has 14 heavy (non-hydrogen) atoms. The van der Waals surface area contributed by atoms with Gasteiger partial charge in [-0.2, -0.15) is 0 Å². The second-order valence-electron chi connectivity index (χ2n) is 3.73. The van der Waals surface area contributed by atoms with Gasteiger partial charge in [-0.25, -0.2) is 4.79 Å². The van der Waals surface area contributed by atoms with Gasteiger partial charge in [-0.3, -0.25) is 0 Å². The Kier molecular flexibility index (Phi) is 1.95. The first kappa shape index (κ1) is 9.06. The molecule has 1 aliphatic heterocycles. The molecule has 0 radical (unpaired) electrons. The average Bonchev–Trinajstić information content (AvgIpc) is 2.14. The van der Waals surface area contributed by atoms with Crippen molar-refractivity contribution in [3.63, 3.8) is 0 Å². The summed E-state index contributed by atoms with van der Waals surface area (Å²) in [6, 6.07) is 0. The minimum Gasteiger partial charge on any atom is -0.454 e. The summed E-state index contributed by atoms with van der Waals surface area (Å²) in [5.41, 5.74) is 8.08. The zero-order valence-corrected chi connectivity index (χ0v) is 8.28. The van der Waals surface area contributed by atoms with Crippen molar-refractivity contribution in [1.82, 2.24) is 0 Å². The summed E-state index contributed by atoms with van der Waals surface area (Å²) >= 11 is 0. The first-order valence-electron chi connectivity index (χ1n) is 4.63. The average molecular weight is 191 g/mol. The van der Waals surface area contributed by atoms with Crippen LogP contribution < -0.4 is 5.73 Å². The van der Waals surface area contributed by atoms with Crippen LogP contribution in [0, 0.1) is 5.92 Å². The van der Waals surface area contributed by atoms with Crippen molar-refractivity contribution in [2.45, 2.75) is 20.0 Å². The van der Waals surface area contributed by atoms with Crippen LogP contribution in [0.3, 0.4) is 0 Å². The number of esters is 1. The van der Waals surface area contributed by atoms with Crippen LogP contribution >= 0.6 is 0 Å². The fourth-order valence-corrected chi connectivity index (χ4v) is 1.79. The van der Waals surface area contributed by atoms with Crippen LogP contribution in [0.15, 0.2) is 35.1 Å². The summed E-state index contributed by atoms with van der Waals surface area (Å²) < 4.78 is 5.24. The fourth-order valence-electron chi connectivity index (χ4n) is 1.79. The number of carbonyl (C=O) groups is 1. The predicted octanol–water partition coefficient (Wildman–Crippen LogP) is 1.28. The van der Waals surface area contributed by atoms with E-state index in [0.29, 0.717) is 11.3 Å². The van der Waals surface area contributed by atoms with Crippen LogP contribution in [0.5, 0.6) is 0 Å². The van der Waals surface area contributed by atoms with Crippen molar-refractivity contribution in [2.75, 3.05) is 0 Å². The van der Waals surface area contributed by atoms with E-state index in [1.54, 1.807) is 13.0 Å². The number of hydrogen-bond donors (Lipinski definition) is 1. The molecule has 2 N–H and O–H groups in total. The Hall–Kier alpha value is -1.51. The van der Waals surface area contributed by atoms with Crippen molar-refractivity contribution in [3.8, 4) is 0 Å². The predicted molar refractivity (Wildman–Crippen MR) is 53.2 cm³/mol. The van der Waals surface area contributed by atoms with Crippen LogP contribution in [0.4, 0.5) is 0 Å². The third-order valence-electron chi connectivity index (χ3n) is 2.85. The van der Waals surface area contributed by atoms with Gasteiger partial charge in [0, 0.05) is 17.2 Å². The maximum atomic E-state index is 11.4. The topological polar surface area (TPSA) is 52.3 Å². The SMILES string of the molecule is CC1=C(C)C2C=CC(N)=CC2OC1=O. The number of hydrogen-bond acceptors (Lipinski definition) is 3.